The number of hydrogen-bond donors (Lipinski definition) is 2. The summed E-state index contributed by atoms with van der Waals surface area (Å²) < 4.78 is 0. The van der Waals surface area contributed by atoms with Crippen LogP contribution in [0, 0.1) is 5.41 Å². The molecule has 0 radical (unpaired) electrons. The normalized spacial score (nSPS) is 15.0. The average molecular weight is 676 g/mol. The fourth-order valence-electron chi connectivity index (χ4n) is 5.36. The third-order valence-corrected chi connectivity index (χ3v) is 9.76. The first-order valence-electron chi connectivity index (χ1n) is 14.1. The topological polar surface area (TPSA) is 70.4 Å². The standard InChI is InChI=1S/C35H36ClNO3S.Sr.2H/c1-34(2,40)30-9-4-3-7-25(30)13-17-32(41-23-35(18-19-35)22-33(38)39)27-8-5-6-24(20-27)10-15-29-16-12-26-11-14-28(36)21-31(26)37-29;;;/h3-12,14-16,20-21,32,40H,13,17-19,22-23H2,1-2H3,(H,38,39);;;/b15-10+;;;/t32-;;;/m1.../s1. The Hall–Kier alpha value is -1.64. The summed E-state index contributed by atoms with van der Waals surface area (Å²) in [7, 11) is 0. The molecule has 0 bridgehead atoms. The summed E-state index contributed by atoms with van der Waals surface area (Å²) in [6, 6.07) is 26.5. The molecule has 1 fully saturated rings. The molecule has 5 rings (SSSR count). The van der Waals surface area contributed by atoms with E-state index < -0.39 is 11.6 Å². The first-order chi connectivity index (χ1) is 19.6. The number of aryl methyl sites for hydroxylation is 1. The van der Waals surface area contributed by atoms with E-state index in [1.54, 1.807) is 0 Å². The molecule has 0 aliphatic heterocycles. The second-order valence-electron chi connectivity index (χ2n) is 11.7. The Morgan fingerprint density at radius 1 is 1.05 bits per heavy atom. The van der Waals surface area contributed by atoms with Gasteiger partial charge < -0.3 is 10.2 Å². The van der Waals surface area contributed by atoms with Gasteiger partial charge in [0, 0.05) is 21.4 Å². The molecule has 1 aliphatic rings. The Bertz CT molecular complexity index is 1580. The number of rotatable bonds is 12. The number of nitrogens with zero attached hydrogens (tertiary/aromatic N) is 1. The van der Waals surface area contributed by atoms with Gasteiger partial charge in [0.15, 0.2) is 0 Å². The number of aliphatic carboxylic acids is 1. The number of aliphatic hydroxyl groups is 1. The van der Waals surface area contributed by atoms with E-state index in [4.69, 9.17) is 16.6 Å². The van der Waals surface area contributed by atoms with Crippen molar-refractivity contribution in [3.8, 4) is 0 Å². The number of carboxylic acids is 1. The molecule has 42 heavy (non-hydrogen) atoms. The van der Waals surface area contributed by atoms with Gasteiger partial charge in [-0.05, 0) is 91.5 Å². The van der Waals surface area contributed by atoms with Crippen LogP contribution in [-0.4, -0.2) is 72.4 Å². The minimum absolute atomic E-state index is 0. The Labute approximate surface area is 294 Å². The van der Waals surface area contributed by atoms with Gasteiger partial charge in [0.1, 0.15) is 0 Å². The van der Waals surface area contributed by atoms with Gasteiger partial charge in [-0.1, -0.05) is 78.3 Å². The summed E-state index contributed by atoms with van der Waals surface area (Å²) in [5.74, 6) is 0.122. The van der Waals surface area contributed by atoms with E-state index >= 15 is 0 Å². The maximum absolute atomic E-state index is 11.5. The fourth-order valence-corrected chi connectivity index (χ4v) is 7.09. The molecule has 1 heterocycles. The van der Waals surface area contributed by atoms with Gasteiger partial charge in [-0.25, -0.2) is 4.98 Å². The number of carboxylic acid groups (broad SMARTS) is 1. The van der Waals surface area contributed by atoms with E-state index in [1.165, 1.54) is 5.56 Å². The molecular weight excluding hydrogens is 638 g/mol. The second-order valence-corrected chi connectivity index (χ2v) is 13.3. The molecule has 3 aromatic carbocycles. The van der Waals surface area contributed by atoms with Crippen LogP contribution in [0.3, 0.4) is 0 Å². The van der Waals surface area contributed by atoms with Crippen molar-refractivity contribution in [1.82, 2.24) is 4.98 Å². The third kappa shape index (κ3) is 8.95. The zero-order valence-electron chi connectivity index (χ0n) is 23.5. The molecule has 1 atom stereocenters. The van der Waals surface area contributed by atoms with Crippen LogP contribution in [0.1, 0.15) is 72.7 Å². The third-order valence-electron chi connectivity index (χ3n) is 7.83. The van der Waals surface area contributed by atoms with Crippen molar-refractivity contribution in [3.05, 3.63) is 112 Å². The molecule has 4 nitrogen and oxygen atoms in total. The summed E-state index contributed by atoms with van der Waals surface area (Å²) in [6.45, 7) is 3.66. The van der Waals surface area contributed by atoms with Crippen molar-refractivity contribution in [3.63, 3.8) is 0 Å². The number of fused-ring (bicyclic) bond motifs is 1. The monoisotopic (exact) mass is 675 g/mol. The fraction of sp³-hybridized carbons (Fsp3) is 0.314. The summed E-state index contributed by atoms with van der Waals surface area (Å²) >= 11 is 8.04. The number of halogens is 1. The van der Waals surface area contributed by atoms with Crippen molar-refractivity contribution in [2.45, 2.75) is 56.8 Å². The number of thioether (sulfide) groups is 1. The zero-order chi connectivity index (χ0) is 29.0. The van der Waals surface area contributed by atoms with Crippen LogP contribution < -0.4 is 0 Å². The van der Waals surface area contributed by atoms with Crippen molar-refractivity contribution in [2.75, 3.05) is 5.75 Å². The van der Waals surface area contributed by atoms with E-state index in [1.807, 2.05) is 74.1 Å². The van der Waals surface area contributed by atoms with Gasteiger partial charge in [-0.15, -0.1) is 0 Å². The molecule has 0 amide bonds. The number of carbonyl (C=O) groups is 1. The van der Waals surface area contributed by atoms with Crippen LogP contribution in [0.2, 0.25) is 5.02 Å². The van der Waals surface area contributed by atoms with Crippen LogP contribution in [-0.2, 0) is 16.8 Å². The summed E-state index contributed by atoms with van der Waals surface area (Å²) in [5.41, 5.74) is 5.15. The van der Waals surface area contributed by atoms with Crippen LogP contribution in [0.4, 0.5) is 0 Å². The van der Waals surface area contributed by atoms with E-state index in [-0.39, 0.29) is 62.6 Å². The quantitative estimate of drug-likeness (QED) is 0.149. The minimum atomic E-state index is -0.911. The SMILES string of the molecule is CC(C)(O)c1ccccc1CC[C@@H](SCC1(CC(=O)O)CC1)c1cccc(/C=C/c2ccc3ccc(Cl)cc3n2)c1.[SrH2]. The van der Waals surface area contributed by atoms with E-state index in [0.717, 1.165) is 64.7 Å². The molecule has 0 unspecified atom stereocenters. The molecule has 1 saturated carbocycles. The first kappa shape index (κ1) is 33.3. The van der Waals surface area contributed by atoms with Crippen molar-refractivity contribution >= 4 is 97.9 Å². The molecule has 216 valence electrons. The molecular formula is C35H38ClNO3SSr. The van der Waals surface area contributed by atoms with Gasteiger partial charge in [-0.2, -0.15) is 11.8 Å². The van der Waals surface area contributed by atoms with Crippen LogP contribution in [0.15, 0.2) is 78.9 Å². The zero-order valence-corrected chi connectivity index (χ0v) is 25.1. The second kappa shape index (κ2) is 14.4. The molecule has 7 heteroatoms. The van der Waals surface area contributed by atoms with Gasteiger partial charge in [-0.3, -0.25) is 4.79 Å². The van der Waals surface area contributed by atoms with Crippen LogP contribution >= 0.6 is 23.4 Å². The number of aromatic nitrogens is 1. The molecule has 0 saturated heterocycles. The van der Waals surface area contributed by atoms with Gasteiger partial charge >= 0.3 is 51.5 Å². The molecule has 1 aromatic heterocycles. The van der Waals surface area contributed by atoms with Crippen molar-refractivity contribution in [1.29, 1.82) is 0 Å². The number of hydrogen-bond acceptors (Lipinski definition) is 4. The maximum atomic E-state index is 11.5. The van der Waals surface area contributed by atoms with E-state index in [0.29, 0.717) is 5.02 Å². The van der Waals surface area contributed by atoms with Crippen LogP contribution in [0.25, 0.3) is 23.1 Å². The Morgan fingerprint density at radius 3 is 2.55 bits per heavy atom. The van der Waals surface area contributed by atoms with Crippen LogP contribution in [0.5, 0.6) is 0 Å². The Kier molecular flexibility index (Phi) is 11.4. The molecule has 2 N–H and O–H groups in total. The summed E-state index contributed by atoms with van der Waals surface area (Å²) in [6.07, 6.45) is 8.02. The Morgan fingerprint density at radius 2 is 1.81 bits per heavy atom. The van der Waals surface area contributed by atoms with Gasteiger partial charge in [0.25, 0.3) is 0 Å². The number of pyridine rings is 1. The predicted octanol–water partition coefficient (Wildman–Crippen LogP) is 8.03. The van der Waals surface area contributed by atoms with Gasteiger partial charge in [0.2, 0.25) is 0 Å². The van der Waals surface area contributed by atoms with Crippen molar-refractivity contribution in [2.24, 2.45) is 5.41 Å². The molecule has 4 aromatic rings. The summed E-state index contributed by atoms with van der Waals surface area (Å²) in [5, 5.41) is 22.1. The van der Waals surface area contributed by atoms with E-state index in [2.05, 4.69) is 42.5 Å². The van der Waals surface area contributed by atoms with E-state index in [9.17, 15) is 15.0 Å². The van der Waals surface area contributed by atoms with Gasteiger partial charge in [0.05, 0.1) is 23.2 Å². The first-order valence-corrected chi connectivity index (χ1v) is 15.5. The Balaban J connectivity index is 0.00000405. The average Bonchev–Trinajstić information content (AvgIpc) is 3.70. The molecule has 1 aliphatic carbocycles. The molecule has 0 spiro atoms. The van der Waals surface area contributed by atoms with Crippen molar-refractivity contribution < 1.29 is 15.0 Å². The number of benzene rings is 3. The summed E-state index contributed by atoms with van der Waals surface area (Å²) in [4.78, 5) is 16.2. The predicted molar refractivity (Wildman–Crippen MR) is 180 cm³/mol.